The van der Waals surface area contributed by atoms with Crippen molar-refractivity contribution in [2.45, 2.75) is 38.6 Å². The Labute approximate surface area is 149 Å². The van der Waals surface area contributed by atoms with Crippen molar-refractivity contribution in [3.8, 4) is 11.5 Å². The number of likely N-dealkylation sites (tertiary alicyclic amines) is 1. The monoisotopic (exact) mass is 339 g/mol. The molecule has 4 nitrogen and oxygen atoms in total. The van der Waals surface area contributed by atoms with Crippen molar-refractivity contribution < 1.29 is 14.6 Å². The second-order valence-electron chi connectivity index (χ2n) is 6.41. The van der Waals surface area contributed by atoms with Gasteiger partial charge in [-0.25, -0.2) is 0 Å². The number of carbonyl (C=O) groups is 1. The van der Waals surface area contributed by atoms with Crippen LogP contribution in [0.4, 0.5) is 0 Å². The molecule has 0 saturated carbocycles. The summed E-state index contributed by atoms with van der Waals surface area (Å²) in [6, 6.07) is 15.3. The lowest BCUT2D eigenvalue weighted by atomic mass is 10.0. The predicted octanol–water partition coefficient (Wildman–Crippen LogP) is 4.09. The molecule has 1 aliphatic heterocycles. The average molecular weight is 339 g/mol. The van der Waals surface area contributed by atoms with Gasteiger partial charge >= 0.3 is 0 Å². The fourth-order valence-electron chi connectivity index (χ4n) is 3.42. The molecule has 1 atom stereocenters. The largest absolute Gasteiger partial charge is 0.508 e. The van der Waals surface area contributed by atoms with Crippen LogP contribution in [-0.2, 0) is 11.2 Å². The fourth-order valence-corrected chi connectivity index (χ4v) is 3.42. The van der Waals surface area contributed by atoms with Crippen LogP contribution >= 0.6 is 0 Å². The predicted molar refractivity (Wildman–Crippen MR) is 97.7 cm³/mol. The highest BCUT2D eigenvalue weighted by molar-refractivity contribution is 5.77. The number of phenols is 1. The maximum absolute atomic E-state index is 12.7. The normalized spacial score (nSPS) is 16.8. The summed E-state index contributed by atoms with van der Waals surface area (Å²) < 4.78 is 5.45. The number of carbonyl (C=O) groups excluding carboxylic acids is 1. The van der Waals surface area contributed by atoms with Crippen molar-refractivity contribution in [1.29, 1.82) is 0 Å². The van der Waals surface area contributed by atoms with Crippen molar-refractivity contribution >= 4 is 5.91 Å². The molecule has 0 radical (unpaired) electrons. The van der Waals surface area contributed by atoms with Crippen LogP contribution in [-0.4, -0.2) is 29.1 Å². The maximum Gasteiger partial charge on any atom is 0.223 e. The standard InChI is InChI=1S/C21H25NO3/c1-2-25-19-12-5-16(6-13-19)7-14-21(24)22-15-3-4-20(22)17-8-10-18(23)11-9-17/h5-6,8-13,20,23H,2-4,7,14-15H2,1H3. The Kier molecular flexibility index (Phi) is 5.59. The lowest BCUT2D eigenvalue weighted by Crippen LogP contribution is -2.30. The van der Waals surface area contributed by atoms with E-state index in [9.17, 15) is 9.90 Å². The maximum atomic E-state index is 12.7. The number of aryl methyl sites for hydroxylation is 1. The van der Waals surface area contributed by atoms with Gasteiger partial charge in [-0.15, -0.1) is 0 Å². The van der Waals surface area contributed by atoms with E-state index in [2.05, 4.69) is 0 Å². The Hall–Kier alpha value is -2.49. The molecule has 0 aliphatic carbocycles. The minimum atomic E-state index is 0.133. The smallest absolute Gasteiger partial charge is 0.223 e. The number of aromatic hydroxyl groups is 1. The van der Waals surface area contributed by atoms with Gasteiger partial charge in [-0.1, -0.05) is 24.3 Å². The van der Waals surface area contributed by atoms with Crippen LogP contribution < -0.4 is 4.74 Å². The van der Waals surface area contributed by atoms with Gasteiger partial charge < -0.3 is 14.7 Å². The third kappa shape index (κ3) is 4.32. The molecule has 0 bridgehead atoms. The zero-order valence-electron chi connectivity index (χ0n) is 14.6. The molecule has 25 heavy (non-hydrogen) atoms. The first-order valence-electron chi connectivity index (χ1n) is 8.97. The molecule has 1 heterocycles. The van der Waals surface area contributed by atoms with Gasteiger partial charge in [-0.3, -0.25) is 4.79 Å². The highest BCUT2D eigenvalue weighted by Gasteiger charge is 2.29. The number of amides is 1. The third-order valence-corrected chi connectivity index (χ3v) is 4.71. The van der Waals surface area contributed by atoms with E-state index in [0.29, 0.717) is 13.0 Å². The van der Waals surface area contributed by atoms with Crippen molar-refractivity contribution in [3.63, 3.8) is 0 Å². The van der Waals surface area contributed by atoms with Crippen LogP contribution in [0.2, 0.25) is 0 Å². The van der Waals surface area contributed by atoms with Crippen LogP contribution in [0, 0.1) is 0 Å². The molecule has 132 valence electrons. The molecule has 0 spiro atoms. The first kappa shape index (κ1) is 17.3. The van der Waals surface area contributed by atoms with Crippen molar-refractivity contribution in [2.75, 3.05) is 13.2 Å². The number of benzene rings is 2. The van der Waals surface area contributed by atoms with Gasteiger partial charge in [0, 0.05) is 13.0 Å². The number of phenolic OH excluding ortho intramolecular Hbond substituents is 1. The molecule has 2 aromatic rings. The topological polar surface area (TPSA) is 49.8 Å². The zero-order chi connectivity index (χ0) is 17.6. The average Bonchev–Trinajstić information content (AvgIpc) is 3.11. The van der Waals surface area contributed by atoms with Crippen LogP contribution in [0.5, 0.6) is 11.5 Å². The fraction of sp³-hybridized carbons (Fsp3) is 0.381. The first-order chi connectivity index (χ1) is 12.2. The SMILES string of the molecule is CCOc1ccc(CCC(=O)N2CCCC2c2ccc(O)cc2)cc1. The molecule has 1 saturated heterocycles. The molecule has 2 aromatic carbocycles. The van der Waals surface area contributed by atoms with Gasteiger partial charge in [-0.2, -0.15) is 0 Å². The highest BCUT2D eigenvalue weighted by atomic mass is 16.5. The van der Waals surface area contributed by atoms with Gasteiger partial charge in [-0.05, 0) is 61.6 Å². The van der Waals surface area contributed by atoms with Gasteiger partial charge in [0.2, 0.25) is 5.91 Å². The molecule has 0 aromatic heterocycles. The molecule has 1 aliphatic rings. The number of hydrogen-bond donors (Lipinski definition) is 1. The summed E-state index contributed by atoms with van der Waals surface area (Å²) in [6.07, 6.45) is 3.27. The number of nitrogens with zero attached hydrogens (tertiary/aromatic N) is 1. The minimum Gasteiger partial charge on any atom is -0.508 e. The van der Waals surface area contributed by atoms with Crippen molar-refractivity contribution in [3.05, 3.63) is 59.7 Å². The number of ether oxygens (including phenoxy) is 1. The van der Waals surface area contributed by atoms with Crippen LogP contribution in [0.3, 0.4) is 0 Å². The van der Waals surface area contributed by atoms with Gasteiger partial charge in [0.25, 0.3) is 0 Å². The van der Waals surface area contributed by atoms with Crippen LogP contribution in [0.1, 0.15) is 43.4 Å². The van der Waals surface area contributed by atoms with Gasteiger partial charge in [0.1, 0.15) is 11.5 Å². The van der Waals surface area contributed by atoms with E-state index in [1.807, 2.05) is 48.2 Å². The number of hydrogen-bond acceptors (Lipinski definition) is 3. The molecule has 4 heteroatoms. The quantitative estimate of drug-likeness (QED) is 0.862. The van der Waals surface area contributed by atoms with E-state index in [-0.39, 0.29) is 17.7 Å². The minimum absolute atomic E-state index is 0.133. The third-order valence-electron chi connectivity index (χ3n) is 4.71. The Balaban J connectivity index is 1.59. The molecule has 3 rings (SSSR count). The van der Waals surface area contributed by atoms with Crippen LogP contribution in [0.25, 0.3) is 0 Å². The van der Waals surface area contributed by atoms with E-state index in [0.717, 1.165) is 42.7 Å². The van der Waals surface area contributed by atoms with Crippen molar-refractivity contribution in [2.24, 2.45) is 0 Å². The molecule has 1 unspecified atom stereocenters. The first-order valence-corrected chi connectivity index (χ1v) is 8.97. The molecule has 1 N–H and O–H groups in total. The highest BCUT2D eigenvalue weighted by Crippen LogP contribution is 2.33. The summed E-state index contributed by atoms with van der Waals surface area (Å²) in [5, 5.41) is 9.45. The summed E-state index contributed by atoms with van der Waals surface area (Å²) >= 11 is 0. The Morgan fingerprint density at radius 1 is 1.16 bits per heavy atom. The van der Waals surface area contributed by atoms with Crippen molar-refractivity contribution in [1.82, 2.24) is 4.90 Å². The van der Waals surface area contributed by atoms with E-state index >= 15 is 0 Å². The Bertz CT molecular complexity index is 694. The lowest BCUT2D eigenvalue weighted by molar-refractivity contribution is -0.132. The zero-order valence-corrected chi connectivity index (χ0v) is 14.6. The Morgan fingerprint density at radius 3 is 2.56 bits per heavy atom. The second-order valence-corrected chi connectivity index (χ2v) is 6.41. The van der Waals surface area contributed by atoms with E-state index in [1.165, 1.54) is 0 Å². The number of rotatable bonds is 6. The van der Waals surface area contributed by atoms with Gasteiger partial charge in [0.15, 0.2) is 0 Å². The molecule has 1 amide bonds. The summed E-state index contributed by atoms with van der Waals surface area (Å²) in [5.74, 6) is 1.32. The van der Waals surface area contributed by atoms with Crippen LogP contribution in [0.15, 0.2) is 48.5 Å². The Morgan fingerprint density at radius 2 is 1.88 bits per heavy atom. The summed E-state index contributed by atoms with van der Waals surface area (Å²) in [7, 11) is 0. The molecule has 1 fully saturated rings. The summed E-state index contributed by atoms with van der Waals surface area (Å²) in [4.78, 5) is 14.7. The second kappa shape index (κ2) is 8.06. The molecular weight excluding hydrogens is 314 g/mol. The molecular formula is C21H25NO3. The van der Waals surface area contributed by atoms with Gasteiger partial charge in [0.05, 0.1) is 12.6 Å². The summed E-state index contributed by atoms with van der Waals surface area (Å²) in [5.41, 5.74) is 2.25. The van der Waals surface area contributed by atoms with E-state index in [4.69, 9.17) is 4.74 Å². The van der Waals surface area contributed by atoms with E-state index in [1.54, 1.807) is 12.1 Å². The van der Waals surface area contributed by atoms with E-state index < -0.39 is 0 Å². The summed E-state index contributed by atoms with van der Waals surface area (Å²) in [6.45, 7) is 3.44. The lowest BCUT2D eigenvalue weighted by Gasteiger charge is -2.25.